The van der Waals surface area contributed by atoms with Crippen molar-refractivity contribution in [2.45, 2.75) is 12.7 Å². The third-order valence-electron chi connectivity index (χ3n) is 5.47. The van der Waals surface area contributed by atoms with Crippen molar-refractivity contribution in [2.24, 2.45) is 0 Å². The average molecular weight is 455 g/mol. The quantitative estimate of drug-likeness (QED) is 0.504. The Balaban J connectivity index is 1.43. The molecule has 8 nitrogen and oxygen atoms in total. The summed E-state index contributed by atoms with van der Waals surface area (Å²) in [6.07, 6.45) is -1.12. The summed E-state index contributed by atoms with van der Waals surface area (Å²) in [5.74, 6) is 1.47. The second-order valence-electron chi connectivity index (χ2n) is 7.68. The van der Waals surface area contributed by atoms with E-state index in [4.69, 9.17) is 10.5 Å². The van der Waals surface area contributed by atoms with Crippen LogP contribution in [0.3, 0.4) is 0 Å². The molecule has 1 aliphatic rings. The highest BCUT2D eigenvalue weighted by Gasteiger charge is 2.30. The van der Waals surface area contributed by atoms with Crippen molar-refractivity contribution in [2.75, 3.05) is 36.9 Å². The van der Waals surface area contributed by atoms with Crippen molar-refractivity contribution in [1.82, 2.24) is 24.5 Å². The van der Waals surface area contributed by atoms with Gasteiger partial charge in [-0.25, -0.2) is 19.9 Å². The van der Waals surface area contributed by atoms with Crippen molar-refractivity contribution < 1.29 is 17.9 Å². The Hall–Kier alpha value is -3.73. The zero-order chi connectivity index (χ0) is 23.0. The molecule has 170 valence electrons. The zero-order valence-electron chi connectivity index (χ0n) is 17.5. The summed E-state index contributed by atoms with van der Waals surface area (Å²) in [6, 6.07) is 8.79. The normalized spacial score (nSPS) is 14.7. The number of halogens is 3. The molecule has 0 unspecified atom stereocenters. The summed E-state index contributed by atoms with van der Waals surface area (Å²) in [6.45, 7) is 3.19. The number of pyridine rings is 1. The van der Waals surface area contributed by atoms with Gasteiger partial charge in [0.15, 0.2) is 17.3 Å². The minimum absolute atomic E-state index is 0.221. The molecule has 1 aromatic carbocycles. The molecule has 4 heterocycles. The van der Waals surface area contributed by atoms with Crippen LogP contribution in [-0.2, 0) is 17.5 Å². The summed E-state index contributed by atoms with van der Waals surface area (Å²) in [5.41, 5.74) is 7.73. The Bertz CT molecular complexity index is 1260. The molecule has 0 saturated carbocycles. The van der Waals surface area contributed by atoms with Crippen molar-refractivity contribution in [3.63, 3.8) is 0 Å². The predicted octanol–water partition coefficient (Wildman–Crippen LogP) is 3.37. The number of nitrogen functional groups attached to an aromatic ring is 1. The van der Waals surface area contributed by atoms with Crippen LogP contribution in [0.2, 0.25) is 0 Å². The highest BCUT2D eigenvalue weighted by molar-refractivity contribution is 5.83. The van der Waals surface area contributed by atoms with Crippen LogP contribution < -0.4 is 10.6 Å². The average Bonchev–Trinajstić information content (AvgIpc) is 3.23. The lowest BCUT2D eigenvalue weighted by atomic mass is 10.1. The Labute approximate surface area is 186 Å². The molecule has 1 aliphatic heterocycles. The van der Waals surface area contributed by atoms with Gasteiger partial charge in [-0.15, -0.1) is 0 Å². The van der Waals surface area contributed by atoms with Crippen LogP contribution in [0.15, 0.2) is 48.9 Å². The van der Waals surface area contributed by atoms with E-state index in [-0.39, 0.29) is 5.82 Å². The van der Waals surface area contributed by atoms with Gasteiger partial charge in [-0.2, -0.15) is 13.2 Å². The molecule has 33 heavy (non-hydrogen) atoms. The van der Waals surface area contributed by atoms with E-state index >= 15 is 0 Å². The van der Waals surface area contributed by atoms with Gasteiger partial charge in [-0.3, -0.25) is 0 Å². The van der Waals surface area contributed by atoms with Gasteiger partial charge in [-0.05, 0) is 29.8 Å². The fourth-order valence-electron chi connectivity index (χ4n) is 3.70. The van der Waals surface area contributed by atoms with E-state index in [2.05, 4.69) is 24.8 Å². The van der Waals surface area contributed by atoms with Gasteiger partial charge >= 0.3 is 6.18 Å². The number of imidazole rings is 1. The molecule has 1 saturated heterocycles. The number of hydrogen-bond acceptors (Lipinski definition) is 7. The number of fused-ring (bicyclic) bond motifs is 1. The maximum atomic E-state index is 12.8. The van der Waals surface area contributed by atoms with E-state index in [0.29, 0.717) is 47.9 Å². The Morgan fingerprint density at radius 3 is 2.39 bits per heavy atom. The van der Waals surface area contributed by atoms with E-state index in [9.17, 15) is 13.2 Å². The fraction of sp³-hybridized carbons (Fsp3) is 0.273. The van der Waals surface area contributed by atoms with Crippen LogP contribution in [0.25, 0.3) is 22.6 Å². The number of alkyl halides is 3. The number of aromatic nitrogens is 5. The summed E-state index contributed by atoms with van der Waals surface area (Å²) in [7, 11) is 0. The van der Waals surface area contributed by atoms with Crippen molar-refractivity contribution in [1.29, 1.82) is 0 Å². The number of hydrogen-bond donors (Lipinski definition) is 1. The first-order valence-electron chi connectivity index (χ1n) is 10.3. The summed E-state index contributed by atoms with van der Waals surface area (Å²) >= 11 is 0. The lowest BCUT2D eigenvalue weighted by Gasteiger charge is -2.27. The topological polar surface area (TPSA) is 95.0 Å². The van der Waals surface area contributed by atoms with Gasteiger partial charge in [-0.1, -0.05) is 12.1 Å². The highest BCUT2D eigenvalue weighted by atomic mass is 19.4. The molecule has 0 amide bonds. The van der Waals surface area contributed by atoms with Crippen LogP contribution in [0, 0.1) is 0 Å². The monoisotopic (exact) mass is 455 g/mol. The Kier molecular flexibility index (Phi) is 5.33. The molecule has 4 aromatic rings. The van der Waals surface area contributed by atoms with Crippen LogP contribution >= 0.6 is 0 Å². The smallest absolute Gasteiger partial charge is 0.382 e. The lowest BCUT2D eigenvalue weighted by molar-refractivity contribution is -0.137. The first-order valence-corrected chi connectivity index (χ1v) is 10.3. The van der Waals surface area contributed by atoms with Crippen molar-refractivity contribution >= 4 is 22.8 Å². The molecule has 5 rings (SSSR count). The maximum Gasteiger partial charge on any atom is 0.416 e. The molecule has 0 spiro atoms. The molecule has 3 aromatic heterocycles. The molecule has 0 radical (unpaired) electrons. The molecular weight excluding hydrogens is 435 g/mol. The second kappa shape index (κ2) is 8.32. The number of nitrogens with two attached hydrogens (primary N) is 1. The molecule has 0 bridgehead atoms. The summed E-state index contributed by atoms with van der Waals surface area (Å²) < 4.78 is 45.6. The van der Waals surface area contributed by atoms with Gasteiger partial charge in [0.2, 0.25) is 0 Å². The predicted molar refractivity (Wildman–Crippen MR) is 117 cm³/mol. The van der Waals surface area contributed by atoms with Crippen LogP contribution in [0.4, 0.5) is 24.8 Å². The van der Waals surface area contributed by atoms with Crippen molar-refractivity contribution in [3.8, 4) is 11.4 Å². The largest absolute Gasteiger partial charge is 0.416 e. The minimum Gasteiger partial charge on any atom is -0.382 e. The fourth-order valence-corrected chi connectivity index (χ4v) is 3.70. The summed E-state index contributed by atoms with van der Waals surface area (Å²) in [4.78, 5) is 19.9. The number of morpholine rings is 1. The molecule has 1 fully saturated rings. The van der Waals surface area contributed by atoms with E-state index in [1.54, 1.807) is 17.1 Å². The third-order valence-corrected chi connectivity index (χ3v) is 5.47. The zero-order valence-corrected chi connectivity index (χ0v) is 17.5. The molecular formula is C22H20F3N7O. The standard InChI is InChI=1S/C22H20F3N7O/c23-22(24,25)16-4-1-14(2-5-16)12-32-13-28-18-19(26)29-20(30-21(18)32)15-3-6-17(27-11-15)31-7-9-33-10-8-31/h1-6,11,13H,7-10,12H2,(H2,26,29,30). The SMILES string of the molecule is Nc1nc(-c2ccc(N3CCOCC3)nc2)nc2c1ncn2Cc1ccc(C(F)(F)F)cc1. The van der Waals surface area contributed by atoms with Crippen LogP contribution in [0.5, 0.6) is 0 Å². The number of ether oxygens (including phenoxy) is 1. The van der Waals surface area contributed by atoms with Gasteiger partial charge < -0.3 is 19.9 Å². The van der Waals surface area contributed by atoms with Gasteiger partial charge in [0, 0.05) is 24.8 Å². The molecule has 2 N–H and O–H groups in total. The lowest BCUT2D eigenvalue weighted by Crippen LogP contribution is -2.36. The Morgan fingerprint density at radius 1 is 0.970 bits per heavy atom. The van der Waals surface area contributed by atoms with E-state index in [0.717, 1.165) is 31.0 Å². The molecule has 11 heteroatoms. The third kappa shape index (κ3) is 4.31. The first-order chi connectivity index (χ1) is 15.9. The van der Waals surface area contributed by atoms with Gasteiger partial charge in [0.25, 0.3) is 0 Å². The minimum atomic E-state index is -4.37. The number of rotatable bonds is 4. The second-order valence-corrected chi connectivity index (χ2v) is 7.68. The van der Waals surface area contributed by atoms with E-state index in [1.165, 1.54) is 12.1 Å². The van der Waals surface area contributed by atoms with Gasteiger partial charge in [0.05, 0.1) is 31.6 Å². The maximum absolute atomic E-state index is 12.8. The number of benzene rings is 1. The van der Waals surface area contributed by atoms with Gasteiger partial charge in [0.1, 0.15) is 11.3 Å². The number of anilines is 2. The van der Waals surface area contributed by atoms with Crippen molar-refractivity contribution in [3.05, 3.63) is 60.0 Å². The van der Waals surface area contributed by atoms with Crippen LogP contribution in [0.1, 0.15) is 11.1 Å². The Morgan fingerprint density at radius 2 is 1.73 bits per heavy atom. The molecule has 0 aliphatic carbocycles. The van der Waals surface area contributed by atoms with E-state index in [1.807, 2.05) is 12.1 Å². The highest BCUT2D eigenvalue weighted by Crippen LogP contribution is 2.29. The molecule has 0 atom stereocenters. The number of nitrogens with zero attached hydrogens (tertiary/aromatic N) is 6. The van der Waals surface area contributed by atoms with Crippen LogP contribution in [-0.4, -0.2) is 50.8 Å². The van der Waals surface area contributed by atoms with E-state index < -0.39 is 11.7 Å². The first kappa shape index (κ1) is 21.1. The summed E-state index contributed by atoms with van der Waals surface area (Å²) in [5, 5.41) is 0.